The largest absolute Gasteiger partial charge is 0.464 e. The number of ether oxygens (including phenoxy) is 3. The molecule has 1 aromatic rings. The second-order valence-corrected chi connectivity index (χ2v) is 5.94. The highest BCUT2D eigenvalue weighted by Gasteiger charge is 2.18. The molecule has 6 heteroatoms. The van der Waals surface area contributed by atoms with Gasteiger partial charge in [-0.15, -0.1) is 0 Å². The summed E-state index contributed by atoms with van der Waals surface area (Å²) in [6.45, 7) is 0.493. The number of hydrogen-bond acceptors (Lipinski definition) is 5. The third kappa shape index (κ3) is 4.15. The minimum Gasteiger partial charge on any atom is -0.464 e. The molecule has 0 spiro atoms. The Balaban J connectivity index is 1.42. The SMILES string of the molecule is O=C(CNC(=O)c1ccc2c(c1)OCO2)OCC1CCCCC1. The van der Waals surface area contributed by atoms with Crippen LogP contribution in [0.25, 0.3) is 0 Å². The fourth-order valence-corrected chi connectivity index (χ4v) is 2.91. The zero-order valence-corrected chi connectivity index (χ0v) is 13.0. The number of carbonyl (C=O) groups excluding carboxylic acids is 2. The molecule has 1 amide bonds. The van der Waals surface area contributed by atoms with Crippen LogP contribution < -0.4 is 14.8 Å². The molecule has 23 heavy (non-hydrogen) atoms. The first-order valence-corrected chi connectivity index (χ1v) is 8.06. The summed E-state index contributed by atoms with van der Waals surface area (Å²) < 4.78 is 15.7. The van der Waals surface area contributed by atoms with Gasteiger partial charge < -0.3 is 19.5 Å². The van der Waals surface area contributed by atoms with Crippen LogP contribution in [0.3, 0.4) is 0 Å². The average Bonchev–Trinajstić information content (AvgIpc) is 3.06. The maximum Gasteiger partial charge on any atom is 0.325 e. The predicted molar refractivity (Wildman–Crippen MR) is 82.4 cm³/mol. The first-order chi connectivity index (χ1) is 11.2. The van der Waals surface area contributed by atoms with Gasteiger partial charge in [-0.05, 0) is 37.0 Å². The van der Waals surface area contributed by atoms with E-state index in [0.717, 1.165) is 12.8 Å². The van der Waals surface area contributed by atoms with Crippen LogP contribution in [0.5, 0.6) is 11.5 Å². The van der Waals surface area contributed by atoms with Crippen LogP contribution in [0.4, 0.5) is 0 Å². The first kappa shape index (κ1) is 15.6. The van der Waals surface area contributed by atoms with Crippen LogP contribution in [-0.2, 0) is 9.53 Å². The van der Waals surface area contributed by atoms with E-state index in [1.807, 2.05) is 0 Å². The lowest BCUT2D eigenvalue weighted by Gasteiger charge is -2.21. The van der Waals surface area contributed by atoms with Gasteiger partial charge in [0.2, 0.25) is 6.79 Å². The summed E-state index contributed by atoms with van der Waals surface area (Å²) in [6, 6.07) is 4.92. The van der Waals surface area contributed by atoms with E-state index in [1.165, 1.54) is 19.3 Å². The molecular formula is C17H21NO5. The molecule has 2 aliphatic rings. The second kappa shape index (κ2) is 7.35. The third-order valence-corrected chi connectivity index (χ3v) is 4.23. The van der Waals surface area contributed by atoms with Gasteiger partial charge in [0.25, 0.3) is 5.91 Å². The molecule has 1 aromatic carbocycles. The van der Waals surface area contributed by atoms with E-state index in [0.29, 0.717) is 29.6 Å². The van der Waals surface area contributed by atoms with Crippen molar-refractivity contribution in [2.45, 2.75) is 32.1 Å². The van der Waals surface area contributed by atoms with Crippen LogP contribution in [0.2, 0.25) is 0 Å². The molecule has 1 aliphatic heterocycles. The van der Waals surface area contributed by atoms with E-state index < -0.39 is 5.97 Å². The molecule has 0 aromatic heterocycles. The van der Waals surface area contributed by atoms with Crippen molar-refractivity contribution < 1.29 is 23.8 Å². The van der Waals surface area contributed by atoms with Gasteiger partial charge >= 0.3 is 5.97 Å². The van der Waals surface area contributed by atoms with Gasteiger partial charge in [-0.2, -0.15) is 0 Å². The molecular weight excluding hydrogens is 298 g/mol. The van der Waals surface area contributed by atoms with Crippen LogP contribution in [0.15, 0.2) is 18.2 Å². The fourth-order valence-electron chi connectivity index (χ4n) is 2.91. The molecule has 1 saturated carbocycles. The predicted octanol–water partition coefficient (Wildman–Crippen LogP) is 2.27. The Morgan fingerprint density at radius 3 is 2.74 bits per heavy atom. The van der Waals surface area contributed by atoms with Gasteiger partial charge in [0.1, 0.15) is 6.54 Å². The normalized spacial score (nSPS) is 16.9. The lowest BCUT2D eigenvalue weighted by Crippen LogP contribution is -2.31. The maximum absolute atomic E-state index is 12.0. The van der Waals surface area contributed by atoms with Gasteiger partial charge in [-0.3, -0.25) is 9.59 Å². The van der Waals surface area contributed by atoms with Crippen LogP contribution in [-0.4, -0.2) is 31.8 Å². The number of benzene rings is 1. The second-order valence-electron chi connectivity index (χ2n) is 5.94. The van der Waals surface area contributed by atoms with Crippen molar-refractivity contribution in [3.8, 4) is 11.5 Å². The Morgan fingerprint density at radius 2 is 1.91 bits per heavy atom. The van der Waals surface area contributed by atoms with Gasteiger partial charge in [0.15, 0.2) is 11.5 Å². The summed E-state index contributed by atoms with van der Waals surface area (Å²) in [6.07, 6.45) is 5.94. The minimum absolute atomic E-state index is 0.125. The van der Waals surface area contributed by atoms with Crippen molar-refractivity contribution in [2.24, 2.45) is 5.92 Å². The number of fused-ring (bicyclic) bond motifs is 1. The van der Waals surface area contributed by atoms with E-state index in [2.05, 4.69) is 5.32 Å². The molecule has 0 atom stereocenters. The van der Waals surface area contributed by atoms with Gasteiger partial charge in [0, 0.05) is 5.56 Å². The Hall–Kier alpha value is -2.24. The van der Waals surface area contributed by atoms with Crippen molar-refractivity contribution in [2.75, 3.05) is 19.9 Å². The molecule has 1 aliphatic carbocycles. The molecule has 0 saturated heterocycles. The molecule has 1 fully saturated rings. The van der Waals surface area contributed by atoms with Gasteiger partial charge in [-0.1, -0.05) is 19.3 Å². The number of esters is 1. The van der Waals surface area contributed by atoms with Crippen LogP contribution in [0, 0.1) is 5.92 Å². The van der Waals surface area contributed by atoms with Crippen LogP contribution >= 0.6 is 0 Å². The van der Waals surface area contributed by atoms with Crippen LogP contribution in [0.1, 0.15) is 42.5 Å². The quantitative estimate of drug-likeness (QED) is 0.843. The number of carbonyl (C=O) groups is 2. The highest BCUT2D eigenvalue weighted by atomic mass is 16.7. The summed E-state index contributed by atoms with van der Waals surface area (Å²) in [7, 11) is 0. The Morgan fingerprint density at radius 1 is 1.13 bits per heavy atom. The number of rotatable bonds is 5. The third-order valence-electron chi connectivity index (χ3n) is 4.23. The zero-order valence-electron chi connectivity index (χ0n) is 13.0. The monoisotopic (exact) mass is 319 g/mol. The lowest BCUT2D eigenvalue weighted by atomic mass is 9.90. The van der Waals surface area contributed by atoms with E-state index >= 15 is 0 Å². The summed E-state index contributed by atoms with van der Waals surface area (Å²) >= 11 is 0. The van der Waals surface area contributed by atoms with E-state index in [1.54, 1.807) is 18.2 Å². The van der Waals surface area contributed by atoms with Crippen molar-refractivity contribution >= 4 is 11.9 Å². The number of amides is 1. The Kier molecular flexibility index (Phi) is 5.00. The molecule has 1 N–H and O–H groups in total. The fraction of sp³-hybridized carbons (Fsp3) is 0.529. The molecule has 0 unspecified atom stereocenters. The molecule has 0 radical (unpaired) electrons. The highest BCUT2D eigenvalue weighted by molar-refractivity contribution is 5.96. The summed E-state index contributed by atoms with van der Waals surface area (Å²) in [5.41, 5.74) is 0.425. The minimum atomic E-state index is -0.398. The Labute approximate surface area is 135 Å². The molecule has 1 heterocycles. The molecule has 124 valence electrons. The van der Waals surface area contributed by atoms with Gasteiger partial charge in [-0.25, -0.2) is 0 Å². The maximum atomic E-state index is 12.0. The number of hydrogen-bond donors (Lipinski definition) is 1. The lowest BCUT2D eigenvalue weighted by molar-refractivity contribution is -0.144. The number of nitrogens with one attached hydrogen (secondary N) is 1. The summed E-state index contributed by atoms with van der Waals surface area (Å²) in [4.78, 5) is 23.8. The van der Waals surface area contributed by atoms with Crippen molar-refractivity contribution in [1.82, 2.24) is 5.32 Å². The summed E-state index contributed by atoms with van der Waals surface area (Å²) in [5, 5.41) is 2.57. The molecule has 3 rings (SSSR count). The van der Waals surface area contributed by atoms with E-state index in [-0.39, 0.29) is 19.2 Å². The average molecular weight is 319 g/mol. The van der Waals surface area contributed by atoms with E-state index in [4.69, 9.17) is 14.2 Å². The first-order valence-electron chi connectivity index (χ1n) is 8.06. The summed E-state index contributed by atoms with van der Waals surface area (Å²) in [5.74, 6) is 0.894. The van der Waals surface area contributed by atoms with Crippen molar-refractivity contribution in [1.29, 1.82) is 0 Å². The van der Waals surface area contributed by atoms with Gasteiger partial charge in [0.05, 0.1) is 6.61 Å². The van der Waals surface area contributed by atoms with E-state index in [9.17, 15) is 9.59 Å². The van der Waals surface area contributed by atoms with Crippen molar-refractivity contribution in [3.05, 3.63) is 23.8 Å². The standard InChI is InChI=1S/C17H21NO5/c19-16(21-10-12-4-2-1-3-5-12)9-18-17(20)13-6-7-14-15(8-13)23-11-22-14/h6-8,12H,1-5,9-11H2,(H,18,20). The van der Waals surface area contributed by atoms with Crippen molar-refractivity contribution in [3.63, 3.8) is 0 Å². The molecule has 0 bridgehead atoms. The Bertz CT molecular complexity index is 580. The highest BCUT2D eigenvalue weighted by Crippen LogP contribution is 2.32. The topological polar surface area (TPSA) is 73.9 Å². The molecule has 6 nitrogen and oxygen atoms in total. The smallest absolute Gasteiger partial charge is 0.325 e. The zero-order chi connectivity index (χ0) is 16.1.